The van der Waals surface area contributed by atoms with Crippen molar-refractivity contribution >= 4 is 39.0 Å². The van der Waals surface area contributed by atoms with Crippen LogP contribution in [0.1, 0.15) is 98.5 Å². The maximum atomic E-state index is 15.4. The number of nitrogens with zero attached hydrogens (tertiary/aromatic N) is 6. The molecule has 2 bridgehead atoms. The lowest BCUT2D eigenvalue weighted by molar-refractivity contribution is -0.143. The molecule has 57 heavy (non-hydrogen) atoms. The third kappa shape index (κ3) is 6.41. The van der Waals surface area contributed by atoms with Gasteiger partial charge in [-0.3, -0.25) is 9.59 Å². The molecule has 6 aliphatic rings. The standard InChI is InChI=1S/C43H57N7O6S/c1-5-46(6-2)42(53)47-25-30-13-14-31(26-47)50(30)41(52)43-24-36(43)35-23-32(56-4)15-17-33(35)39-38(28-10-8-7-9-11-28)34-16-12-29(22-37(34)49(39)27-43)40(51)44-57(54,55)48-20-18-45(3)19-21-48/h12,15-17,22-23,28,30-31,36H,5-11,13-14,18-21,24-27H2,1-4H3,(H,44,51). The van der Waals surface area contributed by atoms with Gasteiger partial charge in [-0.1, -0.05) is 25.3 Å². The van der Waals surface area contributed by atoms with Crippen LogP contribution in [0, 0.1) is 5.41 Å². The molecule has 2 saturated carbocycles. The van der Waals surface area contributed by atoms with Crippen molar-refractivity contribution in [2.45, 2.75) is 95.7 Å². The van der Waals surface area contributed by atoms with Crippen molar-refractivity contribution in [3.63, 3.8) is 0 Å². The molecule has 306 valence electrons. The first-order valence-corrected chi connectivity index (χ1v) is 22.6. The molecule has 4 amide bonds. The quantitative estimate of drug-likeness (QED) is 0.332. The summed E-state index contributed by atoms with van der Waals surface area (Å²) in [6, 6.07) is 11.9. The molecule has 5 heterocycles. The van der Waals surface area contributed by atoms with Gasteiger partial charge in [0.25, 0.3) is 5.91 Å². The van der Waals surface area contributed by atoms with Crippen molar-refractivity contribution in [3.05, 3.63) is 53.1 Å². The number of benzene rings is 2. The van der Waals surface area contributed by atoms with E-state index in [0.29, 0.717) is 71.2 Å². The van der Waals surface area contributed by atoms with Gasteiger partial charge in [-0.25, -0.2) is 9.52 Å². The van der Waals surface area contributed by atoms with E-state index in [-0.39, 0.29) is 35.5 Å². The Hall–Kier alpha value is -4.14. The zero-order chi connectivity index (χ0) is 39.8. The fourth-order valence-corrected chi connectivity index (χ4v) is 12.2. The van der Waals surface area contributed by atoms with Crippen LogP contribution in [-0.2, 0) is 21.5 Å². The summed E-state index contributed by atoms with van der Waals surface area (Å²) >= 11 is 0. The lowest BCUT2D eigenvalue weighted by atomic mass is 9.81. The van der Waals surface area contributed by atoms with E-state index in [1.807, 2.05) is 48.9 Å². The summed E-state index contributed by atoms with van der Waals surface area (Å²) in [6.07, 6.45) is 8.09. The molecule has 1 N–H and O–H groups in total. The van der Waals surface area contributed by atoms with E-state index in [4.69, 9.17) is 4.74 Å². The maximum absolute atomic E-state index is 15.4. The monoisotopic (exact) mass is 799 g/mol. The van der Waals surface area contributed by atoms with Gasteiger partial charge < -0.3 is 28.9 Å². The number of piperazine rings is 2. The van der Waals surface area contributed by atoms with Crippen LogP contribution in [0.3, 0.4) is 0 Å². The summed E-state index contributed by atoms with van der Waals surface area (Å²) in [5.74, 6) is 0.560. The number of aromatic nitrogens is 1. The number of carbonyl (C=O) groups is 3. The van der Waals surface area contributed by atoms with Gasteiger partial charge in [-0.05, 0) is 100 Å². The van der Waals surface area contributed by atoms with E-state index in [1.54, 1.807) is 13.2 Å². The highest BCUT2D eigenvalue weighted by molar-refractivity contribution is 7.87. The first-order valence-electron chi connectivity index (χ1n) is 21.2. The highest BCUT2D eigenvalue weighted by Gasteiger charge is 2.65. The normalized spacial score (nSPS) is 26.4. The average molecular weight is 800 g/mol. The van der Waals surface area contributed by atoms with Crippen LogP contribution < -0.4 is 9.46 Å². The number of methoxy groups -OCH3 is 1. The van der Waals surface area contributed by atoms with E-state index in [1.165, 1.54) is 16.3 Å². The van der Waals surface area contributed by atoms with E-state index in [9.17, 15) is 18.0 Å². The Morgan fingerprint density at radius 1 is 0.912 bits per heavy atom. The van der Waals surface area contributed by atoms with Crippen molar-refractivity contribution in [2.75, 3.05) is 66.5 Å². The molecule has 0 radical (unpaired) electrons. The number of ether oxygens (including phenoxy) is 1. The van der Waals surface area contributed by atoms with Gasteiger partial charge in [0.2, 0.25) is 5.91 Å². The molecule has 5 fully saturated rings. The molecule has 2 aromatic carbocycles. The van der Waals surface area contributed by atoms with Crippen LogP contribution in [0.25, 0.3) is 22.2 Å². The molecule has 4 aliphatic heterocycles. The van der Waals surface area contributed by atoms with Gasteiger partial charge in [0.1, 0.15) is 5.75 Å². The number of hydrogen-bond acceptors (Lipinski definition) is 7. The number of likely N-dealkylation sites (tertiary alicyclic amines) is 1. The highest BCUT2D eigenvalue weighted by atomic mass is 32.2. The topological polar surface area (TPSA) is 128 Å². The van der Waals surface area contributed by atoms with Gasteiger partial charge in [0.05, 0.1) is 18.2 Å². The van der Waals surface area contributed by atoms with Gasteiger partial charge in [0.15, 0.2) is 0 Å². The SMILES string of the molecule is CCN(CC)C(=O)N1CC2CCC(C1)N2C(=O)C12CC1c1cc(OC)ccc1-c1c(C3CCCCC3)c3ccc(C(=O)NS(=O)(=O)N4CCN(C)CC4)cc3n1C2. The third-order valence-corrected chi connectivity index (χ3v) is 15.7. The number of fused-ring (bicyclic) bond motifs is 9. The second-order valence-electron chi connectivity index (χ2n) is 17.4. The number of likely N-dealkylation sites (N-methyl/N-ethyl adjacent to an activating group) is 1. The fraction of sp³-hybridized carbons (Fsp3) is 0.605. The van der Waals surface area contributed by atoms with Gasteiger partial charge in [-0.2, -0.15) is 12.7 Å². The minimum Gasteiger partial charge on any atom is -0.497 e. The van der Waals surface area contributed by atoms with E-state index in [2.05, 4.69) is 31.2 Å². The Kier molecular flexibility index (Phi) is 9.83. The zero-order valence-electron chi connectivity index (χ0n) is 33.8. The molecule has 13 nitrogen and oxygen atoms in total. The van der Waals surface area contributed by atoms with Crippen molar-refractivity contribution in [2.24, 2.45) is 5.41 Å². The third-order valence-electron chi connectivity index (χ3n) is 14.3. The molecular formula is C43H57N7O6S. The second-order valence-corrected chi connectivity index (χ2v) is 19.0. The molecular weight excluding hydrogens is 743 g/mol. The van der Waals surface area contributed by atoms with E-state index < -0.39 is 21.5 Å². The molecule has 4 atom stereocenters. The summed E-state index contributed by atoms with van der Waals surface area (Å²) in [4.78, 5) is 50.8. The Bertz CT molecular complexity index is 2190. The van der Waals surface area contributed by atoms with E-state index in [0.717, 1.165) is 72.0 Å². The number of carbonyl (C=O) groups excluding carboxylic acids is 3. The zero-order valence-corrected chi connectivity index (χ0v) is 34.7. The summed E-state index contributed by atoms with van der Waals surface area (Å²) < 4.78 is 38.6. The highest BCUT2D eigenvalue weighted by Crippen LogP contribution is 2.66. The van der Waals surface area contributed by atoms with Crippen molar-refractivity contribution in [3.8, 4) is 17.0 Å². The molecule has 3 aromatic rings. The first-order chi connectivity index (χ1) is 27.5. The molecule has 1 aromatic heterocycles. The fourth-order valence-electron chi connectivity index (χ4n) is 11.0. The first kappa shape index (κ1) is 38.4. The van der Waals surface area contributed by atoms with Gasteiger partial charge in [-0.15, -0.1) is 0 Å². The minimum absolute atomic E-state index is 0.0146. The lowest BCUT2D eigenvalue weighted by Crippen LogP contribution is -2.60. The van der Waals surface area contributed by atoms with Crippen LogP contribution in [-0.4, -0.2) is 133 Å². The van der Waals surface area contributed by atoms with E-state index >= 15 is 4.79 Å². The number of hydrogen-bond donors (Lipinski definition) is 1. The molecule has 9 rings (SSSR count). The van der Waals surface area contributed by atoms with Crippen LogP contribution in [0.4, 0.5) is 4.79 Å². The number of nitrogens with one attached hydrogen (secondary N) is 1. The number of urea groups is 1. The number of rotatable bonds is 8. The van der Waals surface area contributed by atoms with Crippen molar-refractivity contribution < 1.29 is 27.5 Å². The Balaban J connectivity index is 1.13. The predicted molar refractivity (Wildman–Crippen MR) is 219 cm³/mol. The van der Waals surface area contributed by atoms with Crippen LogP contribution in [0.15, 0.2) is 36.4 Å². The molecule has 0 spiro atoms. The maximum Gasteiger partial charge on any atom is 0.320 e. The molecule has 4 unspecified atom stereocenters. The lowest BCUT2D eigenvalue weighted by Gasteiger charge is -2.44. The van der Waals surface area contributed by atoms with Crippen molar-refractivity contribution in [1.82, 2.24) is 33.2 Å². The summed E-state index contributed by atoms with van der Waals surface area (Å²) in [5.41, 5.74) is 5.02. The van der Waals surface area contributed by atoms with Crippen LogP contribution >= 0.6 is 0 Å². The van der Waals surface area contributed by atoms with Crippen molar-refractivity contribution in [1.29, 1.82) is 0 Å². The Morgan fingerprint density at radius 3 is 2.28 bits per heavy atom. The Labute approximate surface area is 336 Å². The van der Waals surface area contributed by atoms with Crippen LogP contribution in [0.2, 0.25) is 0 Å². The summed E-state index contributed by atoms with van der Waals surface area (Å²) in [7, 11) is -0.398. The Morgan fingerprint density at radius 2 is 1.61 bits per heavy atom. The molecule has 3 saturated heterocycles. The van der Waals surface area contributed by atoms with Gasteiger partial charge in [0, 0.05) is 98.9 Å². The average Bonchev–Trinajstić information content (AvgIpc) is 3.81. The molecule has 14 heteroatoms. The van der Waals surface area contributed by atoms with Gasteiger partial charge >= 0.3 is 16.2 Å². The summed E-state index contributed by atoms with van der Waals surface area (Å²) in [6.45, 7) is 8.70. The minimum atomic E-state index is -4.04. The molecule has 2 aliphatic carbocycles. The second kappa shape index (κ2) is 14.6. The number of amides is 4. The predicted octanol–water partition coefficient (Wildman–Crippen LogP) is 5.21. The smallest absolute Gasteiger partial charge is 0.320 e. The van der Waals surface area contributed by atoms with Crippen LogP contribution in [0.5, 0.6) is 5.75 Å². The summed E-state index contributed by atoms with van der Waals surface area (Å²) in [5, 5.41) is 1.06. The largest absolute Gasteiger partial charge is 0.497 e.